The van der Waals surface area contributed by atoms with Crippen LogP contribution in [-0.4, -0.2) is 55.3 Å². The van der Waals surface area contributed by atoms with Crippen molar-refractivity contribution < 1.29 is 19.4 Å². The van der Waals surface area contributed by atoms with Gasteiger partial charge < -0.3 is 20.5 Å². The maximum absolute atomic E-state index is 13.1. The molecule has 3 heterocycles. The van der Waals surface area contributed by atoms with Crippen LogP contribution < -0.4 is 15.4 Å². The first-order valence-corrected chi connectivity index (χ1v) is 13.9. The fourth-order valence-corrected chi connectivity index (χ4v) is 5.49. The van der Waals surface area contributed by atoms with E-state index in [4.69, 9.17) is 4.74 Å². The summed E-state index contributed by atoms with van der Waals surface area (Å²) in [5, 5.41) is 23.4. The number of ether oxygens (including phenoxy) is 1. The number of aliphatic hydroxyl groups is 1. The second-order valence-electron chi connectivity index (χ2n) is 10.6. The summed E-state index contributed by atoms with van der Waals surface area (Å²) in [5.41, 5.74) is 3.51. The van der Waals surface area contributed by atoms with Crippen molar-refractivity contribution in [2.24, 2.45) is 0 Å². The van der Waals surface area contributed by atoms with Crippen molar-refractivity contribution in [1.82, 2.24) is 25.5 Å². The van der Waals surface area contributed by atoms with Crippen LogP contribution in [0.1, 0.15) is 72.3 Å². The monoisotopic (exact) mass is 540 g/mol. The third kappa shape index (κ3) is 5.81. The van der Waals surface area contributed by atoms with E-state index in [1.165, 1.54) is 6.20 Å². The number of aromatic nitrogens is 4. The fraction of sp³-hybridized carbons (Fsp3) is 0.367. The highest BCUT2D eigenvalue weighted by Crippen LogP contribution is 2.29. The minimum atomic E-state index is -0.386. The van der Waals surface area contributed by atoms with E-state index < -0.39 is 0 Å². The van der Waals surface area contributed by atoms with Crippen molar-refractivity contribution in [2.75, 3.05) is 5.32 Å². The lowest BCUT2D eigenvalue weighted by Gasteiger charge is -2.26. The summed E-state index contributed by atoms with van der Waals surface area (Å²) in [6.07, 6.45) is 12.2. The normalized spacial score (nSPS) is 19.4. The predicted molar refractivity (Wildman–Crippen MR) is 150 cm³/mol. The van der Waals surface area contributed by atoms with Gasteiger partial charge in [0.05, 0.1) is 35.8 Å². The highest BCUT2D eigenvalue weighted by Gasteiger charge is 2.22. The van der Waals surface area contributed by atoms with Gasteiger partial charge in [0.1, 0.15) is 11.4 Å². The molecule has 4 aromatic rings. The maximum Gasteiger partial charge on any atom is 0.276 e. The van der Waals surface area contributed by atoms with Crippen molar-refractivity contribution in [3.05, 3.63) is 66.4 Å². The lowest BCUT2D eigenvalue weighted by molar-refractivity contribution is 0.0664. The van der Waals surface area contributed by atoms with Gasteiger partial charge in [-0.1, -0.05) is 18.9 Å². The first-order valence-electron chi connectivity index (χ1n) is 13.9. The Bertz CT molecular complexity index is 1500. The lowest BCUT2D eigenvalue weighted by Crippen LogP contribution is -2.33. The Morgan fingerprint density at radius 2 is 1.73 bits per heavy atom. The Balaban J connectivity index is 1.15. The number of benzene rings is 1. The van der Waals surface area contributed by atoms with E-state index in [1.54, 1.807) is 24.5 Å². The molecule has 206 valence electrons. The molecule has 2 fully saturated rings. The zero-order chi connectivity index (χ0) is 27.5. The summed E-state index contributed by atoms with van der Waals surface area (Å²) >= 11 is 0. The summed E-state index contributed by atoms with van der Waals surface area (Å²) in [6.45, 7) is 0. The van der Waals surface area contributed by atoms with Crippen LogP contribution in [0.15, 0.2) is 55.0 Å². The first kappa shape index (κ1) is 25.9. The van der Waals surface area contributed by atoms with Crippen LogP contribution in [0.2, 0.25) is 0 Å². The number of hydrogen-bond donors (Lipinski definition) is 4. The van der Waals surface area contributed by atoms with Crippen LogP contribution in [0.5, 0.6) is 5.75 Å². The number of nitrogens with one attached hydrogen (secondary N) is 3. The van der Waals surface area contributed by atoms with E-state index in [1.807, 2.05) is 24.3 Å². The van der Waals surface area contributed by atoms with E-state index in [-0.39, 0.29) is 35.8 Å². The molecule has 1 aromatic carbocycles. The minimum Gasteiger partial charge on any atom is -0.489 e. The molecule has 0 unspecified atom stereocenters. The standard InChI is InChI=1S/C30H32N6O4/c37-22-7-9-23(10-8-22)40-24-13-19(15-31-17-24)18-5-11-26-25(14-18)28(36-35-26)30(39)34-21-6-12-27(32-16-21)29(38)33-20-3-1-2-4-20/h5-6,11-17,20,22-23,37H,1-4,7-10H2,(H,33,38)(H,34,39)(H,35,36). The average molecular weight is 541 g/mol. The molecular weight excluding hydrogens is 508 g/mol. The summed E-state index contributed by atoms with van der Waals surface area (Å²) in [5.74, 6) is 0.0946. The SMILES string of the molecule is O=C(NC1CCCC1)c1ccc(NC(=O)c2n[nH]c3ccc(-c4cncc(OC5CCC(O)CC5)c4)cc23)cn1. The summed E-state index contributed by atoms with van der Waals surface area (Å²) in [6, 6.07) is 11.2. The van der Waals surface area contributed by atoms with Crippen molar-refractivity contribution in [3.8, 4) is 16.9 Å². The summed E-state index contributed by atoms with van der Waals surface area (Å²) in [4.78, 5) is 34.2. The molecule has 3 aromatic heterocycles. The minimum absolute atomic E-state index is 0.0670. The molecule has 2 aliphatic rings. The molecular formula is C30H32N6O4. The first-order chi connectivity index (χ1) is 19.5. The van der Waals surface area contributed by atoms with E-state index in [9.17, 15) is 14.7 Å². The fourth-order valence-electron chi connectivity index (χ4n) is 5.49. The number of amides is 2. The largest absolute Gasteiger partial charge is 0.489 e. The number of fused-ring (bicyclic) bond motifs is 1. The Kier molecular flexibility index (Phi) is 7.41. The zero-order valence-electron chi connectivity index (χ0n) is 22.1. The van der Waals surface area contributed by atoms with Gasteiger partial charge in [-0.05, 0) is 74.4 Å². The third-order valence-corrected chi connectivity index (χ3v) is 7.72. The molecule has 0 aliphatic heterocycles. The number of rotatable bonds is 7. The van der Waals surface area contributed by atoms with Crippen LogP contribution >= 0.6 is 0 Å². The molecule has 2 aliphatic carbocycles. The van der Waals surface area contributed by atoms with Gasteiger partial charge in [-0.3, -0.25) is 19.7 Å². The molecule has 0 bridgehead atoms. The molecule has 0 atom stereocenters. The Labute approximate surface area is 231 Å². The summed E-state index contributed by atoms with van der Waals surface area (Å²) in [7, 11) is 0. The summed E-state index contributed by atoms with van der Waals surface area (Å²) < 4.78 is 6.14. The number of aromatic amines is 1. The molecule has 4 N–H and O–H groups in total. The zero-order valence-corrected chi connectivity index (χ0v) is 22.1. The number of anilines is 1. The molecule has 40 heavy (non-hydrogen) atoms. The Morgan fingerprint density at radius 3 is 2.50 bits per heavy atom. The van der Waals surface area contributed by atoms with Gasteiger partial charge in [-0.25, -0.2) is 4.98 Å². The van der Waals surface area contributed by atoms with Crippen molar-refractivity contribution >= 4 is 28.4 Å². The van der Waals surface area contributed by atoms with E-state index >= 15 is 0 Å². The van der Waals surface area contributed by atoms with Crippen LogP contribution in [0.4, 0.5) is 5.69 Å². The smallest absolute Gasteiger partial charge is 0.276 e. The van der Waals surface area contributed by atoms with E-state index in [0.29, 0.717) is 22.5 Å². The predicted octanol–water partition coefficient (Wildman–Crippen LogP) is 4.63. The number of hydrogen-bond acceptors (Lipinski definition) is 7. The van der Waals surface area contributed by atoms with Crippen LogP contribution in [0, 0.1) is 0 Å². The number of aliphatic hydroxyl groups excluding tert-OH is 1. The molecule has 0 spiro atoms. The van der Waals surface area contributed by atoms with Gasteiger partial charge in [0, 0.05) is 23.2 Å². The average Bonchev–Trinajstić information content (AvgIpc) is 3.64. The van der Waals surface area contributed by atoms with Crippen LogP contribution in [-0.2, 0) is 0 Å². The third-order valence-electron chi connectivity index (χ3n) is 7.72. The molecule has 0 radical (unpaired) electrons. The highest BCUT2D eigenvalue weighted by atomic mass is 16.5. The quantitative estimate of drug-likeness (QED) is 0.268. The Morgan fingerprint density at radius 1 is 0.900 bits per heavy atom. The maximum atomic E-state index is 13.1. The van der Waals surface area contributed by atoms with Gasteiger partial charge in [-0.2, -0.15) is 5.10 Å². The highest BCUT2D eigenvalue weighted by molar-refractivity contribution is 6.11. The molecule has 10 nitrogen and oxygen atoms in total. The molecule has 10 heteroatoms. The molecule has 0 saturated heterocycles. The topological polar surface area (TPSA) is 142 Å². The Hall–Kier alpha value is -4.31. The van der Waals surface area contributed by atoms with Gasteiger partial charge in [0.15, 0.2) is 5.69 Å². The van der Waals surface area contributed by atoms with Crippen molar-refractivity contribution in [1.29, 1.82) is 0 Å². The van der Waals surface area contributed by atoms with Gasteiger partial charge in [-0.15, -0.1) is 0 Å². The molecule has 6 rings (SSSR count). The molecule has 2 amide bonds. The second kappa shape index (κ2) is 11.4. The van der Waals surface area contributed by atoms with Crippen molar-refractivity contribution in [3.63, 3.8) is 0 Å². The van der Waals surface area contributed by atoms with Crippen molar-refractivity contribution in [2.45, 2.75) is 69.6 Å². The van der Waals surface area contributed by atoms with Gasteiger partial charge in [0.25, 0.3) is 11.8 Å². The van der Waals surface area contributed by atoms with Crippen LogP contribution in [0.3, 0.4) is 0 Å². The number of carbonyl (C=O) groups is 2. The number of carbonyl (C=O) groups excluding carboxylic acids is 2. The molecule has 2 saturated carbocycles. The van der Waals surface area contributed by atoms with E-state index in [2.05, 4.69) is 30.8 Å². The van der Waals surface area contributed by atoms with Crippen LogP contribution in [0.25, 0.3) is 22.0 Å². The number of nitrogens with zero attached hydrogens (tertiary/aromatic N) is 3. The number of pyridine rings is 2. The second-order valence-corrected chi connectivity index (χ2v) is 10.6. The van der Waals surface area contributed by atoms with Gasteiger partial charge >= 0.3 is 0 Å². The lowest BCUT2D eigenvalue weighted by atomic mass is 9.95. The number of H-pyrrole nitrogens is 1. The van der Waals surface area contributed by atoms with Gasteiger partial charge in [0.2, 0.25) is 0 Å². The van der Waals surface area contributed by atoms with E-state index in [0.717, 1.165) is 68.0 Å².